The van der Waals surface area contributed by atoms with E-state index in [1.807, 2.05) is 0 Å². The van der Waals surface area contributed by atoms with Crippen molar-refractivity contribution in [3.8, 4) is 0 Å². The first-order chi connectivity index (χ1) is 5.95. The first-order valence-electron chi connectivity index (χ1n) is 3.41. The second kappa shape index (κ2) is 3.92. The van der Waals surface area contributed by atoms with Crippen LogP contribution in [0.15, 0.2) is 22.7 Å². The standard InChI is InChI=1S/C8H6BrF3S/c9-7-2-1-6(8(10,11)12)3-5(7)4-13/h1-3,13H,4H2. The maximum absolute atomic E-state index is 12.2. The molecule has 0 saturated heterocycles. The SMILES string of the molecule is FC(F)(F)c1ccc(Br)c(CS)c1. The lowest BCUT2D eigenvalue weighted by molar-refractivity contribution is -0.137. The fourth-order valence-corrected chi connectivity index (χ4v) is 1.74. The van der Waals surface area contributed by atoms with Crippen LogP contribution in [0.1, 0.15) is 11.1 Å². The van der Waals surface area contributed by atoms with Crippen LogP contribution in [-0.4, -0.2) is 0 Å². The second-order valence-corrected chi connectivity index (χ2v) is 3.63. The molecule has 1 rings (SSSR count). The third-order valence-electron chi connectivity index (χ3n) is 1.54. The van der Waals surface area contributed by atoms with Gasteiger partial charge in [0, 0.05) is 10.2 Å². The van der Waals surface area contributed by atoms with Crippen molar-refractivity contribution >= 4 is 28.6 Å². The van der Waals surface area contributed by atoms with E-state index in [1.54, 1.807) is 0 Å². The zero-order valence-corrected chi connectivity index (χ0v) is 8.88. The van der Waals surface area contributed by atoms with E-state index >= 15 is 0 Å². The number of hydrogen-bond acceptors (Lipinski definition) is 1. The van der Waals surface area contributed by atoms with Crippen LogP contribution in [0.5, 0.6) is 0 Å². The summed E-state index contributed by atoms with van der Waals surface area (Å²) in [6, 6.07) is 3.52. The number of benzene rings is 1. The first kappa shape index (κ1) is 10.9. The second-order valence-electron chi connectivity index (χ2n) is 2.46. The van der Waals surface area contributed by atoms with E-state index in [-0.39, 0.29) is 5.75 Å². The topological polar surface area (TPSA) is 0 Å². The summed E-state index contributed by atoms with van der Waals surface area (Å²) < 4.78 is 37.2. The number of alkyl halides is 3. The molecule has 0 atom stereocenters. The Morgan fingerprint density at radius 1 is 1.31 bits per heavy atom. The molecule has 1 aromatic carbocycles. The molecule has 0 nitrogen and oxygen atoms in total. The smallest absolute Gasteiger partial charge is 0.175 e. The lowest BCUT2D eigenvalue weighted by atomic mass is 10.1. The Labute approximate surface area is 87.7 Å². The number of hydrogen-bond donors (Lipinski definition) is 1. The van der Waals surface area contributed by atoms with Crippen molar-refractivity contribution in [1.82, 2.24) is 0 Å². The number of thiol groups is 1. The van der Waals surface area contributed by atoms with Crippen molar-refractivity contribution in [3.05, 3.63) is 33.8 Å². The van der Waals surface area contributed by atoms with Crippen molar-refractivity contribution in [2.75, 3.05) is 0 Å². The molecule has 0 unspecified atom stereocenters. The summed E-state index contributed by atoms with van der Waals surface area (Å²) in [6.07, 6.45) is -4.28. The zero-order chi connectivity index (χ0) is 10.1. The largest absolute Gasteiger partial charge is 0.416 e. The summed E-state index contributed by atoms with van der Waals surface area (Å²) in [5.74, 6) is 0.282. The molecule has 0 aliphatic heterocycles. The van der Waals surface area contributed by atoms with Gasteiger partial charge in [-0.1, -0.05) is 15.9 Å². The molecule has 0 aromatic heterocycles. The van der Waals surface area contributed by atoms with Crippen molar-refractivity contribution in [3.63, 3.8) is 0 Å². The van der Waals surface area contributed by atoms with Gasteiger partial charge in [-0.05, 0) is 23.8 Å². The molecule has 0 aliphatic rings. The van der Waals surface area contributed by atoms with Crippen LogP contribution < -0.4 is 0 Å². The normalized spacial score (nSPS) is 11.8. The average Bonchev–Trinajstić information content (AvgIpc) is 2.03. The maximum atomic E-state index is 12.2. The third-order valence-corrected chi connectivity index (χ3v) is 2.66. The van der Waals surface area contributed by atoms with Crippen LogP contribution in [0.4, 0.5) is 13.2 Å². The van der Waals surface area contributed by atoms with E-state index in [4.69, 9.17) is 0 Å². The van der Waals surface area contributed by atoms with E-state index in [0.717, 1.165) is 12.1 Å². The molecule has 0 fully saturated rings. The minimum Gasteiger partial charge on any atom is -0.175 e. The quantitative estimate of drug-likeness (QED) is 0.736. The van der Waals surface area contributed by atoms with E-state index < -0.39 is 11.7 Å². The lowest BCUT2D eigenvalue weighted by Gasteiger charge is -2.08. The fraction of sp³-hybridized carbons (Fsp3) is 0.250. The van der Waals surface area contributed by atoms with Crippen molar-refractivity contribution in [1.29, 1.82) is 0 Å². The van der Waals surface area contributed by atoms with E-state index in [0.29, 0.717) is 10.0 Å². The Balaban J connectivity index is 3.14. The van der Waals surface area contributed by atoms with E-state index in [2.05, 4.69) is 28.6 Å². The van der Waals surface area contributed by atoms with Gasteiger partial charge in [0.2, 0.25) is 0 Å². The molecule has 0 heterocycles. The highest BCUT2D eigenvalue weighted by Crippen LogP contribution is 2.32. The Morgan fingerprint density at radius 3 is 2.38 bits per heavy atom. The predicted molar refractivity (Wildman–Crippen MR) is 51.8 cm³/mol. The van der Waals surface area contributed by atoms with Gasteiger partial charge in [0.15, 0.2) is 0 Å². The summed E-state index contributed by atoms with van der Waals surface area (Å²) in [4.78, 5) is 0. The van der Waals surface area contributed by atoms with Crippen LogP contribution in [0.3, 0.4) is 0 Å². The van der Waals surface area contributed by atoms with Gasteiger partial charge < -0.3 is 0 Å². The van der Waals surface area contributed by atoms with Gasteiger partial charge in [-0.15, -0.1) is 0 Å². The first-order valence-corrected chi connectivity index (χ1v) is 4.84. The molecule has 72 valence electrons. The Morgan fingerprint density at radius 2 is 1.92 bits per heavy atom. The summed E-state index contributed by atoms with van der Waals surface area (Å²) >= 11 is 7.07. The Hall–Kier alpha value is -0.160. The molecule has 0 spiro atoms. The highest BCUT2D eigenvalue weighted by atomic mass is 79.9. The molecular weight excluding hydrogens is 265 g/mol. The van der Waals surface area contributed by atoms with Crippen molar-refractivity contribution in [2.24, 2.45) is 0 Å². The van der Waals surface area contributed by atoms with Gasteiger partial charge in [0.25, 0.3) is 0 Å². The molecule has 0 N–H and O–H groups in total. The Kier molecular flexibility index (Phi) is 3.29. The minimum atomic E-state index is -4.28. The average molecular weight is 271 g/mol. The number of halogens is 4. The minimum absolute atomic E-state index is 0.282. The molecule has 0 amide bonds. The monoisotopic (exact) mass is 270 g/mol. The third kappa shape index (κ3) is 2.64. The summed E-state index contributed by atoms with van der Waals surface area (Å²) in [5.41, 5.74) is -0.0992. The molecule has 13 heavy (non-hydrogen) atoms. The van der Waals surface area contributed by atoms with Crippen molar-refractivity contribution in [2.45, 2.75) is 11.9 Å². The Bertz CT molecular complexity index is 309. The highest BCUT2D eigenvalue weighted by Gasteiger charge is 2.30. The van der Waals surface area contributed by atoms with Gasteiger partial charge in [0.1, 0.15) is 0 Å². The van der Waals surface area contributed by atoms with Crippen molar-refractivity contribution < 1.29 is 13.2 Å². The van der Waals surface area contributed by atoms with Crippen LogP contribution in [0.25, 0.3) is 0 Å². The predicted octanol–water partition coefficient (Wildman–Crippen LogP) is 3.90. The van der Waals surface area contributed by atoms with Crippen LogP contribution in [0.2, 0.25) is 0 Å². The molecular formula is C8H6BrF3S. The van der Waals surface area contributed by atoms with E-state index in [1.165, 1.54) is 6.07 Å². The highest BCUT2D eigenvalue weighted by molar-refractivity contribution is 9.10. The van der Waals surface area contributed by atoms with Crippen LogP contribution >= 0.6 is 28.6 Å². The molecule has 0 radical (unpaired) electrons. The van der Waals surface area contributed by atoms with Gasteiger partial charge in [-0.25, -0.2) is 0 Å². The fourth-order valence-electron chi connectivity index (χ4n) is 0.872. The lowest BCUT2D eigenvalue weighted by Crippen LogP contribution is -2.05. The maximum Gasteiger partial charge on any atom is 0.416 e. The number of rotatable bonds is 1. The summed E-state index contributed by atoms with van der Waals surface area (Å²) in [7, 11) is 0. The summed E-state index contributed by atoms with van der Waals surface area (Å²) in [5, 5.41) is 0. The van der Waals surface area contributed by atoms with Gasteiger partial charge in [-0.2, -0.15) is 25.8 Å². The van der Waals surface area contributed by atoms with E-state index in [9.17, 15) is 13.2 Å². The zero-order valence-electron chi connectivity index (χ0n) is 6.40. The molecule has 0 bridgehead atoms. The van der Waals surface area contributed by atoms with Crippen LogP contribution in [0, 0.1) is 0 Å². The molecule has 5 heteroatoms. The van der Waals surface area contributed by atoms with Crippen LogP contribution in [-0.2, 0) is 11.9 Å². The molecule has 0 aliphatic carbocycles. The van der Waals surface area contributed by atoms with Gasteiger partial charge in [-0.3, -0.25) is 0 Å². The van der Waals surface area contributed by atoms with Gasteiger partial charge >= 0.3 is 6.18 Å². The molecule has 1 aromatic rings. The summed E-state index contributed by atoms with van der Waals surface area (Å²) in [6.45, 7) is 0. The molecule has 0 saturated carbocycles. The van der Waals surface area contributed by atoms with Gasteiger partial charge in [0.05, 0.1) is 5.56 Å².